The molecule has 4 saturated carbocycles. The van der Waals surface area contributed by atoms with Crippen molar-refractivity contribution in [1.29, 1.82) is 0 Å². The van der Waals surface area contributed by atoms with E-state index in [9.17, 15) is 99.4 Å². The highest BCUT2D eigenvalue weighted by Gasteiger charge is 2.66. The first-order valence-electron chi connectivity index (χ1n) is 39.9. The van der Waals surface area contributed by atoms with Gasteiger partial charge in [0.05, 0.1) is 78.1 Å². The number of nitrogens with zero attached hydrogens (tertiary/aromatic N) is 8. The number of anilines is 2. The molecule has 2 unspecified atom stereocenters. The summed E-state index contributed by atoms with van der Waals surface area (Å²) in [7, 11) is -9.11. The number of hydrogen-bond donors (Lipinski definition) is 10. The highest BCUT2D eigenvalue weighted by molar-refractivity contribution is 7.86. The first-order valence-corrected chi connectivity index (χ1v) is 44.0. The number of amides is 7. The molecule has 10 N–H and O–H groups in total. The Morgan fingerprint density at radius 2 is 1.50 bits per heavy atom. The summed E-state index contributed by atoms with van der Waals surface area (Å²) < 4.78 is 93.5. The topological polar surface area (TPSA) is 510 Å². The monoisotopic (exact) mass is 1730 g/mol. The molecule has 4 bridgehead atoms. The maximum absolute atomic E-state index is 14.4. The van der Waals surface area contributed by atoms with Gasteiger partial charge in [-0.05, 0) is 152 Å². The molecule has 3 aromatic heterocycles. The summed E-state index contributed by atoms with van der Waals surface area (Å²) in [4.78, 5) is 149. The number of carbonyl (C=O) groups is 10. The van der Waals surface area contributed by atoms with Crippen molar-refractivity contribution in [3.63, 3.8) is 0 Å². The van der Waals surface area contributed by atoms with Crippen molar-refractivity contribution in [3.05, 3.63) is 136 Å². The number of aryl methyl sites for hydroxylation is 1. The molecule has 6 fully saturated rings. The first kappa shape index (κ1) is 88.7. The minimum Gasteiger partial charge on any atom is -0.479 e. The zero-order valence-electron chi connectivity index (χ0n) is 67.5. The summed E-state index contributed by atoms with van der Waals surface area (Å²) in [6.45, 7) is 9.29. The number of fused-ring (bicyclic) bond motifs is 2. The van der Waals surface area contributed by atoms with Gasteiger partial charge in [0.15, 0.2) is 22.7 Å². The Kier molecular flexibility index (Phi) is 26.0. The van der Waals surface area contributed by atoms with Crippen LogP contribution >= 0.6 is 11.3 Å². The number of aromatic carboxylic acids is 1. The van der Waals surface area contributed by atoms with E-state index in [0.29, 0.717) is 89.6 Å². The van der Waals surface area contributed by atoms with E-state index in [1.807, 2.05) is 52.9 Å². The number of Topliss-reactive ketones (excluding diaryl/α,β-unsaturated/α-hetero) is 1. The maximum atomic E-state index is 14.4. The highest BCUT2D eigenvalue weighted by Crippen LogP contribution is 2.72. The van der Waals surface area contributed by atoms with Crippen molar-refractivity contribution in [1.82, 2.24) is 45.1 Å². The molecule has 0 radical (unpaired) electrons. The van der Waals surface area contributed by atoms with E-state index in [0.717, 1.165) is 73.2 Å². The molecule has 7 amide bonds. The second-order valence-electron chi connectivity index (χ2n) is 34.1. The van der Waals surface area contributed by atoms with Gasteiger partial charge in [0.1, 0.15) is 42.8 Å². The summed E-state index contributed by atoms with van der Waals surface area (Å²) in [5.41, 5.74) is 4.00. The third-order valence-corrected chi connectivity index (χ3v) is 26.5. The smallest absolute Gasteiger partial charge is 0.410 e. The van der Waals surface area contributed by atoms with E-state index in [2.05, 4.69) is 34.8 Å². The largest absolute Gasteiger partial charge is 0.479 e. The van der Waals surface area contributed by atoms with Gasteiger partial charge in [0.25, 0.3) is 38.0 Å². The number of carboxylic acids is 2. The molecule has 4 aliphatic heterocycles. The van der Waals surface area contributed by atoms with Crippen LogP contribution in [0.25, 0.3) is 21.3 Å². The predicted octanol–water partition coefficient (Wildman–Crippen LogP) is 4.46. The van der Waals surface area contributed by atoms with Gasteiger partial charge in [-0.15, -0.1) is 0 Å². The Balaban J connectivity index is 0.665. The summed E-state index contributed by atoms with van der Waals surface area (Å²) in [5, 5.41) is 66.5. The molecule has 14 rings (SSSR count). The lowest BCUT2D eigenvalue weighted by molar-refractivity contribution is -0.248. The molecule has 0 spiro atoms. The van der Waals surface area contributed by atoms with E-state index in [-0.39, 0.29) is 73.3 Å². The highest BCUT2D eigenvalue weighted by atomic mass is 32.2. The van der Waals surface area contributed by atoms with Crippen LogP contribution in [-0.2, 0) is 112 Å². The first-order chi connectivity index (χ1) is 57.1. The van der Waals surface area contributed by atoms with E-state index in [1.54, 1.807) is 44.3 Å². The number of likely N-dealkylation sites (tertiary alicyclic amines) is 1. The van der Waals surface area contributed by atoms with Crippen molar-refractivity contribution >= 4 is 112 Å². The molecular formula is C82H99N11O25S3. The van der Waals surface area contributed by atoms with Gasteiger partial charge in [0.2, 0.25) is 17.7 Å². The molecule has 6 aromatic rings. The molecule has 3 aromatic carbocycles. The number of benzene rings is 3. The van der Waals surface area contributed by atoms with Crippen LogP contribution in [0.2, 0.25) is 0 Å². The second-order valence-corrected chi connectivity index (χ2v) is 38.3. The number of aliphatic hydroxyl groups excluding tert-OH is 3. The summed E-state index contributed by atoms with van der Waals surface area (Å²) >= 11 is 1.38. The van der Waals surface area contributed by atoms with Crippen LogP contribution in [0.4, 0.5) is 15.7 Å². The predicted molar refractivity (Wildman–Crippen MR) is 433 cm³/mol. The second kappa shape index (κ2) is 35.4. The normalized spacial score (nSPS) is 25.6. The fraction of sp³-hybridized carbons (Fsp3) is 0.524. The van der Waals surface area contributed by atoms with Crippen LogP contribution in [0, 0.1) is 29.1 Å². The number of carbonyl (C=O) groups excluding carboxylic acids is 8. The van der Waals surface area contributed by atoms with Gasteiger partial charge in [-0.2, -0.15) is 21.9 Å². The average Bonchev–Trinajstić information content (AvgIpc) is 0.884. The number of aliphatic hydroxyl groups is 3. The number of imide groups is 1. The van der Waals surface area contributed by atoms with Gasteiger partial charge in [0, 0.05) is 80.1 Å². The molecule has 11 atom stereocenters. The number of pyridine rings is 1. The van der Waals surface area contributed by atoms with E-state index >= 15 is 0 Å². The number of aromatic nitrogens is 4. The minimum absolute atomic E-state index is 0.0974. The number of rotatable bonds is 35. The van der Waals surface area contributed by atoms with Crippen LogP contribution in [0.15, 0.2) is 91.1 Å². The van der Waals surface area contributed by atoms with Crippen LogP contribution in [0.3, 0.4) is 0 Å². The molecular weight excluding hydrogens is 1640 g/mol. The van der Waals surface area contributed by atoms with E-state index < -0.39 is 178 Å². The van der Waals surface area contributed by atoms with Crippen LogP contribution in [-0.4, -0.2) is 263 Å². The Labute approximate surface area is 700 Å². The number of para-hydroxylation sites is 1. The standard InChI is InChI=1S/C82H99N11O25S3/c1-45(2)66(87-63(95)35-91-52(37-115-27-29-121(112,113)114)32-58(74(91)103)93-64(96)20-21-65(93)97)73(102)84-46(3)59(94)31-48-14-15-51(50(30-48)16-18-60-68(98)69(99)70(100)71(118-60)76(106)107)36-116-78(108)89(25-28-120(109,110)111)24-26-117-82-41-79(5)38-80(6,42-82)40-81(39-79,43-82)44-92-47(4)55(33-83-92)53-17-19-62(86-67(53)75(104)105)90-23-22-49-10-9-11-54(56(49)34-90)72(101)88-77-85-57-12-7-8-13-61(57)119-77/h7-15,17,19-21,30,33,45-46,52,58,60,66,68-71,98-100H,16,18,22-29,31-32,34-44H2,1-6H3,(H,84,102)(H,87,95)(H,104,105)(H,106,107)(H,85,88,101)(H,109,110,111)(H,112,113,114)/t46-,52-,58-,60-,66-,68-,69+,70-,71-,79?,80?,81?,82?/m0/s1. The van der Waals surface area contributed by atoms with Crippen molar-refractivity contribution in [2.24, 2.45) is 22.2 Å². The number of hydrogen-bond acceptors (Lipinski definition) is 26. The summed E-state index contributed by atoms with van der Waals surface area (Å²) in [6, 6.07) is 16.4. The number of ketones is 1. The lowest BCUT2D eigenvalue weighted by Crippen LogP contribution is -2.64. The Morgan fingerprint density at radius 3 is 2.19 bits per heavy atom. The van der Waals surface area contributed by atoms with E-state index in [4.69, 9.17) is 29.0 Å². The average molecular weight is 1730 g/mol. The van der Waals surface area contributed by atoms with Gasteiger partial charge >= 0.3 is 18.0 Å². The molecule has 2 saturated heterocycles. The van der Waals surface area contributed by atoms with Crippen molar-refractivity contribution in [3.8, 4) is 11.1 Å². The third kappa shape index (κ3) is 20.2. The molecule has 8 aliphatic rings. The molecule has 36 nitrogen and oxygen atoms in total. The van der Waals surface area contributed by atoms with Crippen molar-refractivity contribution < 1.29 is 118 Å². The Bertz CT molecular complexity index is 5280. The molecule has 7 heterocycles. The molecule has 4 aliphatic carbocycles. The lowest BCUT2D eigenvalue weighted by Gasteiger charge is -2.69. The zero-order valence-corrected chi connectivity index (χ0v) is 69.9. The summed E-state index contributed by atoms with van der Waals surface area (Å²) in [5.74, 6) is -9.67. The fourth-order valence-corrected chi connectivity index (χ4v) is 21.2. The van der Waals surface area contributed by atoms with Gasteiger partial charge in [-0.1, -0.05) is 81.5 Å². The fourth-order valence-electron chi connectivity index (χ4n) is 19.6. The van der Waals surface area contributed by atoms with Crippen LogP contribution in [0.5, 0.6) is 0 Å². The molecule has 39 heteroatoms. The third-order valence-electron chi connectivity index (χ3n) is 24.1. The summed E-state index contributed by atoms with van der Waals surface area (Å²) in [6.07, 6.45) is -2.29. The van der Waals surface area contributed by atoms with Gasteiger partial charge in [-0.25, -0.2) is 24.4 Å². The Morgan fingerprint density at radius 1 is 0.785 bits per heavy atom. The number of carboxylic acid groups (broad SMARTS) is 2. The van der Waals surface area contributed by atoms with E-state index in [1.165, 1.54) is 30.4 Å². The molecule has 650 valence electrons. The van der Waals surface area contributed by atoms with Crippen molar-refractivity contribution in [2.75, 3.05) is 67.7 Å². The Hall–Kier alpha value is -10.1. The number of thiazole rings is 1. The SMILES string of the molecule is Cc1c(-c2ccc(N3CCc4cccc(C(=O)Nc5nc6ccccc6s5)c4C3)nc2C(=O)O)cnn1CC12CC3(C)CC(C)(C1)CC(OCCN(CCS(=O)(=O)O)C(=O)OCc1ccc(CC(=O)[C@H](C)NC(=O)[C@@H](NC(=O)CN4C(=O)[C@@H](N5C(=O)C=CC5=O)C[C@H]4COCCS(=O)(=O)O)C(C)C)cc1CC[C@@H]1O[C@H](C(=O)O)[C@@H](O)[C@H](O)[C@H]1O)(C3)C2. The quantitative estimate of drug-likeness (QED) is 0.0149. The van der Waals surface area contributed by atoms with Gasteiger partial charge < -0.3 is 69.8 Å². The maximum Gasteiger partial charge on any atom is 0.410 e. The molecule has 121 heavy (non-hydrogen) atoms. The zero-order chi connectivity index (χ0) is 87.2. The minimum atomic E-state index is -4.67. The number of ether oxygens (including phenoxy) is 4. The van der Waals surface area contributed by atoms with Crippen molar-refractivity contribution in [2.45, 2.75) is 192 Å². The van der Waals surface area contributed by atoms with Crippen LogP contribution < -0.4 is 20.9 Å². The van der Waals surface area contributed by atoms with Gasteiger partial charge in [-0.3, -0.25) is 57.6 Å². The van der Waals surface area contributed by atoms with Crippen LogP contribution in [0.1, 0.15) is 140 Å². The number of nitrogens with one attached hydrogen (secondary N) is 3. The number of aliphatic carboxylic acids is 1. The lowest BCUT2D eigenvalue weighted by atomic mass is 9.39.